The first-order chi connectivity index (χ1) is 17.8. The van der Waals surface area contributed by atoms with Gasteiger partial charge in [-0.1, -0.05) is 49.9 Å². The number of rotatable bonds is 7. The molecule has 0 saturated heterocycles. The molecule has 4 aromatic rings. The molecule has 37 heavy (non-hydrogen) atoms. The van der Waals surface area contributed by atoms with Crippen molar-refractivity contribution in [2.24, 2.45) is 0 Å². The van der Waals surface area contributed by atoms with Crippen LogP contribution in [-0.4, -0.2) is 40.1 Å². The van der Waals surface area contributed by atoms with Crippen molar-refractivity contribution in [2.45, 2.75) is 44.0 Å². The summed E-state index contributed by atoms with van der Waals surface area (Å²) in [5, 5.41) is 2.41. The van der Waals surface area contributed by atoms with E-state index in [-0.39, 0.29) is 23.9 Å². The monoisotopic (exact) mass is 533 g/mol. The fourth-order valence-corrected chi connectivity index (χ4v) is 6.28. The Morgan fingerprint density at radius 1 is 1.16 bits per heavy atom. The van der Waals surface area contributed by atoms with Gasteiger partial charge in [-0.05, 0) is 49.1 Å². The molecule has 0 fully saturated rings. The van der Waals surface area contributed by atoms with E-state index in [1.54, 1.807) is 30.0 Å². The molecule has 1 aliphatic rings. The van der Waals surface area contributed by atoms with Crippen molar-refractivity contribution >= 4 is 50.7 Å². The number of ether oxygens (including phenoxy) is 1. The highest BCUT2D eigenvalue weighted by atomic mass is 32.2. The Labute approximate surface area is 222 Å². The minimum atomic E-state index is -0.503. The molecule has 1 amide bonds. The molecule has 0 spiro atoms. The maximum atomic E-state index is 13.2. The lowest BCUT2D eigenvalue weighted by molar-refractivity contribution is -0.121. The molecule has 0 radical (unpaired) electrons. The van der Waals surface area contributed by atoms with Crippen LogP contribution in [0.4, 0.5) is 5.69 Å². The van der Waals surface area contributed by atoms with E-state index in [1.165, 1.54) is 28.7 Å². The third-order valence-corrected chi connectivity index (χ3v) is 8.33. The zero-order valence-electron chi connectivity index (χ0n) is 21.0. The second-order valence-electron chi connectivity index (χ2n) is 9.21. The van der Waals surface area contributed by atoms with E-state index in [1.807, 2.05) is 24.4 Å². The summed E-state index contributed by atoms with van der Waals surface area (Å²) >= 11 is 2.63. The Hall–Kier alpha value is -3.43. The van der Waals surface area contributed by atoms with Crippen molar-refractivity contribution in [1.82, 2.24) is 9.97 Å². The average molecular weight is 534 g/mol. The number of nitrogens with zero attached hydrogens (tertiary/aromatic N) is 2. The van der Waals surface area contributed by atoms with Gasteiger partial charge in [-0.25, -0.2) is 4.98 Å². The number of H-pyrrole nitrogens is 1. The van der Waals surface area contributed by atoms with Crippen LogP contribution < -0.4 is 15.2 Å². The molecule has 0 saturated carbocycles. The van der Waals surface area contributed by atoms with E-state index in [0.29, 0.717) is 44.8 Å². The van der Waals surface area contributed by atoms with E-state index in [2.05, 4.69) is 35.9 Å². The minimum Gasteiger partial charge on any atom is -0.482 e. The zero-order valence-corrected chi connectivity index (χ0v) is 22.7. The summed E-state index contributed by atoms with van der Waals surface area (Å²) in [4.78, 5) is 48.3. The molecule has 1 N–H and O–H groups in total. The smallest absolute Gasteiger partial charge is 0.265 e. The van der Waals surface area contributed by atoms with Crippen LogP contribution >= 0.6 is 23.1 Å². The molecule has 3 heterocycles. The van der Waals surface area contributed by atoms with Gasteiger partial charge in [0.05, 0.1) is 16.3 Å². The number of nitrogens with one attached hydrogen (secondary N) is 1. The van der Waals surface area contributed by atoms with Crippen molar-refractivity contribution in [3.05, 3.63) is 69.3 Å². The SMILES string of the molecule is CCN1C(=O)COc2ccc(C(=O)C(C)Sc3nc4scc(-c5ccc(C(C)C)cc5)c4c(=O)[nH]3)cc21. The van der Waals surface area contributed by atoms with Gasteiger partial charge in [-0.15, -0.1) is 11.3 Å². The third kappa shape index (κ3) is 4.81. The third-order valence-electron chi connectivity index (χ3n) is 6.47. The number of aromatic nitrogens is 2. The lowest BCUT2D eigenvalue weighted by Gasteiger charge is -2.28. The lowest BCUT2D eigenvalue weighted by Crippen LogP contribution is -2.38. The number of amides is 1. The summed E-state index contributed by atoms with van der Waals surface area (Å²) in [5.74, 6) is 0.762. The van der Waals surface area contributed by atoms with Gasteiger partial charge in [0, 0.05) is 23.1 Å². The number of anilines is 1. The van der Waals surface area contributed by atoms with Crippen molar-refractivity contribution < 1.29 is 14.3 Å². The molecule has 7 nitrogen and oxygen atoms in total. The average Bonchev–Trinajstić information content (AvgIpc) is 3.32. The Balaban J connectivity index is 1.39. The first-order valence-electron chi connectivity index (χ1n) is 12.2. The van der Waals surface area contributed by atoms with Gasteiger partial charge in [0.2, 0.25) is 0 Å². The van der Waals surface area contributed by atoms with Gasteiger partial charge >= 0.3 is 0 Å². The molecule has 9 heteroatoms. The molecule has 1 aliphatic heterocycles. The Morgan fingerprint density at radius 2 is 1.92 bits per heavy atom. The van der Waals surface area contributed by atoms with E-state index in [0.717, 1.165) is 11.1 Å². The van der Waals surface area contributed by atoms with Crippen LogP contribution in [0.2, 0.25) is 0 Å². The number of ketones is 1. The van der Waals surface area contributed by atoms with E-state index in [9.17, 15) is 14.4 Å². The summed E-state index contributed by atoms with van der Waals surface area (Å²) in [6, 6.07) is 13.4. The molecular formula is C28H27N3O4S2. The van der Waals surface area contributed by atoms with Crippen molar-refractivity contribution in [2.75, 3.05) is 18.1 Å². The van der Waals surface area contributed by atoms with Crippen molar-refractivity contribution in [1.29, 1.82) is 0 Å². The summed E-state index contributed by atoms with van der Waals surface area (Å²) in [7, 11) is 0. The van der Waals surface area contributed by atoms with Crippen LogP contribution in [0, 0.1) is 0 Å². The van der Waals surface area contributed by atoms with Crippen molar-refractivity contribution in [3.63, 3.8) is 0 Å². The number of thioether (sulfide) groups is 1. The van der Waals surface area contributed by atoms with E-state index in [4.69, 9.17) is 4.74 Å². The number of hydrogen-bond donors (Lipinski definition) is 1. The lowest BCUT2D eigenvalue weighted by atomic mass is 9.99. The minimum absolute atomic E-state index is 0.00438. The summed E-state index contributed by atoms with van der Waals surface area (Å²) < 4.78 is 5.51. The largest absolute Gasteiger partial charge is 0.482 e. The van der Waals surface area contributed by atoms with Crippen LogP contribution in [0.15, 0.2) is 57.8 Å². The van der Waals surface area contributed by atoms with Crippen LogP contribution in [-0.2, 0) is 4.79 Å². The molecule has 5 rings (SSSR count). The number of carbonyl (C=O) groups is 2. The summed E-state index contributed by atoms with van der Waals surface area (Å²) in [6.45, 7) is 8.45. The van der Waals surface area contributed by atoms with Gasteiger partial charge in [-0.2, -0.15) is 0 Å². The van der Waals surface area contributed by atoms with Gasteiger partial charge in [0.25, 0.3) is 11.5 Å². The highest BCUT2D eigenvalue weighted by Gasteiger charge is 2.27. The first-order valence-corrected chi connectivity index (χ1v) is 13.9. The predicted octanol–water partition coefficient (Wildman–Crippen LogP) is 5.88. The van der Waals surface area contributed by atoms with Crippen molar-refractivity contribution in [3.8, 4) is 16.9 Å². The normalized spacial score (nSPS) is 14.1. The van der Waals surface area contributed by atoms with Gasteiger partial charge < -0.3 is 14.6 Å². The number of Topliss-reactive ketones (excluding diaryl/α,β-unsaturated/α-hetero) is 1. The number of aromatic amines is 1. The maximum absolute atomic E-state index is 13.2. The zero-order chi connectivity index (χ0) is 26.3. The standard InChI is InChI=1S/C28H27N3O4S2/c1-5-31-21-12-19(10-11-22(21)35-13-23(31)32)25(33)16(4)37-28-29-26(34)24-20(14-36-27(24)30-28)18-8-6-17(7-9-18)15(2)3/h6-12,14-16H,5,13H2,1-4H3,(H,29,30,34). The predicted molar refractivity (Wildman–Crippen MR) is 149 cm³/mol. The molecule has 190 valence electrons. The molecule has 2 aromatic carbocycles. The Kier molecular flexibility index (Phi) is 6.92. The number of thiophene rings is 1. The Morgan fingerprint density at radius 3 is 2.62 bits per heavy atom. The summed E-state index contributed by atoms with van der Waals surface area (Å²) in [6.07, 6.45) is 0. The second kappa shape index (κ2) is 10.1. The molecule has 0 aliphatic carbocycles. The second-order valence-corrected chi connectivity index (χ2v) is 11.4. The number of benzene rings is 2. The highest BCUT2D eigenvalue weighted by molar-refractivity contribution is 8.00. The van der Waals surface area contributed by atoms with Gasteiger partial charge in [0.1, 0.15) is 10.6 Å². The molecule has 0 bridgehead atoms. The van der Waals surface area contributed by atoms with Gasteiger partial charge in [0.15, 0.2) is 17.5 Å². The maximum Gasteiger partial charge on any atom is 0.265 e. The fraction of sp³-hybridized carbons (Fsp3) is 0.286. The molecule has 1 atom stereocenters. The van der Waals surface area contributed by atoms with Crippen LogP contribution in [0.1, 0.15) is 49.5 Å². The Bertz CT molecular complexity index is 1560. The van der Waals surface area contributed by atoms with Crippen LogP contribution in [0.25, 0.3) is 21.3 Å². The molecule has 1 unspecified atom stereocenters. The number of fused-ring (bicyclic) bond motifs is 2. The topological polar surface area (TPSA) is 92.4 Å². The first kappa shape index (κ1) is 25.2. The quantitative estimate of drug-likeness (QED) is 0.181. The fourth-order valence-electron chi connectivity index (χ4n) is 4.40. The van der Waals surface area contributed by atoms with Gasteiger partial charge in [-0.3, -0.25) is 14.4 Å². The van der Waals surface area contributed by atoms with E-state index >= 15 is 0 Å². The molecular weight excluding hydrogens is 506 g/mol. The van der Waals surface area contributed by atoms with Crippen LogP contribution in [0.5, 0.6) is 5.75 Å². The number of carbonyl (C=O) groups excluding carboxylic acids is 2. The molecule has 2 aromatic heterocycles. The number of likely N-dealkylation sites (N-methyl/N-ethyl adjacent to an activating group) is 1. The number of hydrogen-bond acceptors (Lipinski definition) is 7. The van der Waals surface area contributed by atoms with E-state index < -0.39 is 5.25 Å². The highest BCUT2D eigenvalue weighted by Crippen LogP contribution is 2.35. The van der Waals surface area contributed by atoms with Crippen LogP contribution in [0.3, 0.4) is 0 Å². The summed E-state index contributed by atoms with van der Waals surface area (Å²) in [5.41, 5.74) is 3.93.